The SMILES string of the molecule is CCC(C)n1nc(NC(=O)CCC(=O)O)c2cc3cc(C)ccc3nc21. The van der Waals surface area contributed by atoms with Crippen LogP contribution in [0.25, 0.3) is 21.9 Å². The lowest BCUT2D eigenvalue weighted by molar-refractivity contribution is -0.138. The number of amides is 1. The summed E-state index contributed by atoms with van der Waals surface area (Å²) in [6.07, 6.45) is 0.570. The molecule has 0 bridgehead atoms. The van der Waals surface area contributed by atoms with E-state index < -0.39 is 5.97 Å². The number of hydrogen-bond donors (Lipinski definition) is 2. The molecule has 0 aliphatic rings. The maximum absolute atomic E-state index is 12.1. The summed E-state index contributed by atoms with van der Waals surface area (Å²) in [4.78, 5) is 27.5. The Kier molecular flexibility index (Phi) is 4.88. The van der Waals surface area contributed by atoms with Gasteiger partial charge < -0.3 is 10.4 Å². The van der Waals surface area contributed by atoms with E-state index >= 15 is 0 Å². The minimum absolute atomic E-state index is 0.0901. The maximum Gasteiger partial charge on any atom is 0.303 e. The van der Waals surface area contributed by atoms with Gasteiger partial charge in [0.05, 0.1) is 23.4 Å². The fraction of sp³-hybridized carbons (Fsp3) is 0.368. The van der Waals surface area contributed by atoms with Crippen molar-refractivity contribution >= 4 is 39.6 Å². The number of hydrogen-bond acceptors (Lipinski definition) is 4. The quantitative estimate of drug-likeness (QED) is 0.704. The zero-order valence-electron chi connectivity index (χ0n) is 15.1. The second kappa shape index (κ2) is 7.11. The van der Waals surface area contributed by atoms with Crippen LogP contribution in [-0.4, -0.2) is 31.7 Å². The largest absolute Gasteiger partial charge is 0.481 e. The van der Waals surface area contributed by atoms with Gasteiger partial charge in [0.15, 0.2) is 11.5 Å². The molecule has 136 valence electrons. The Morgan fingerprint density at radius 2 is 2.04 bits per heavy atom. The van der Waals surface area contributed by atoms with Gasteiger partial charge in [0.25, 0.3) is 0 Å². The van der Waals surface area contributed by atoms with Gasteiger partial charge in [-0.1, -0.05) is 18.6 Å². The lowest BCUT2D eigenvalue weighted by atomic mass is 10.1. The fourth-order valence-electron chi connectivity index (χ4n) is 2.83. The number of aromatic nitrogens is 3. The van der Waals surface area contributed by atoms with Crippen molar-refractivity contribution in [2.45, 2.75) is 46.1 Å². The molecule has 1 unspecified atom stereocenters. The molecule has 1 aromatic carbocycles. The van der Waals surface area contributed by atoms with Gasteiger partial charge in [-0.05, 0) is 38.5 Å². The third-order valence-corrected chi connectivity index (χ3v) is 4.46. The number of rotatable bonds is 6. The van der Waals surface area contributed by atoms with Crippen molar-refractivity contribution in [1.29, 1.82) is 0 Å². The van der Waals surface area contributed by atoms with E-state index in [9.17, 15) is 9.59 Å². The van der Waals surface area contributed by atoms with Gasteiger partial charge in [0.2, 0.25) is 5.91 Å². The summed E-state index contributed by atoms with van der Waals surface area (Å²) in [5.74, 6) is -0.947. The van der Waals surface area contributed by atoms with Gasteiger partial charge >= 0.3 is 5.97 Å². The summed E-state index contributed by atoms with van der Waals surface area (Å²) in [7, 11) is 0. The number of fused-ring (bicyclic) bond motifs is 2. The van der Waals surface area contributed by atoms with Crippen LogP contribution in [0.2, 0.25) is 0 Å². The van der Waals surface area contributed by atoms with Gasteiger partial charge in [-0.3, -0.25) is 9.59 Å². The molecule has 3 rings (SSSR count). The average Bonchev–Trinajstić information content (AvgIpc) is 2.95. The molecule has 26 heavy (non-hydrogen) atoms. The third kappa shape index (κ3) is 3.51. The molecule has 0 aliphatic heterocycles. The van der Waals surface area contributed by atoms with Crippen molar-refractivity contribution in [2.24, 2.45) is 0 Å². The number of carboxylic acid groups (broad SMARTS) is 1. The van der Waals surface area contributed by atoms with Crippen LogP contribution < -0.4 is 5.32 Å². The van der Waals surface area contributed by atoms with Crippen molar-refractivity contribution in [1.82, 2.24) is 14.8 Å². The monoisotopic (exact) mass is 354 g/mol. The van der Waals surface area contributed by atoms with E-state index in [1.807, 2.05) is 42.8 Å². The minimum Gasteiger partial charge on any atom is -0.481 e. The van der Waals surface area contributed by atoms with E-state index in [-0.39, 0.29) is 24.8 Å². The van der Waals surface area contributed by atoms with Crippen LogP contribution in [0.1, 0.15) is 44.7 Å². The predicted octanol–water partition coefficient (Wildman–Crippen LogP) is 3.67. The number of carbonyl (C=O) groups excluding carboxylic acids is 1. The highest BCUT2D eigenvalue weighted by atomic mass is 16.4. The fourth-order valence-corrected chi connectivity index (χ4v) is 2.83. The first kappa shape index (κ1) is 17.8. The molecule has 7 nitrogen and oxygen atoms in total. The number of aryl methyl sites for hydroxylation is 1. The van der Waals surface area contributed by atoms with Crippen molar-refractivity contribution in [2.75, 3.05) is 5.32 Å². The molecule has 2 N–H and O–H groups in total. The lowest BCUT2D eigenvalue weighted by Crippen LogP contribution is -2.14. The topological polar surface area (TPSA) is 97.1 Å². The van der Waals surface area contributed by atoms with Crippen LogP contribution in [0.4, 0.5) is 5.82 Å². The number of pyridine rings is 1. The normalized spacial score (nSPS) is 12.4. The molecule has 3 aromatic rings. The molecule has 2 heterocycles. The average molecular weight is 354 g/mol. The number of carbonyl (C=O) groups is 2. The number of carboxylic acids is 1. The van der Waals surface area contributed by atoms with Crippen LogP contribution in [0.15, 0.2) is 24.3 Å². The summed E-state index contributed by atoms with van der Waals surface area (Å²) in [6.45, 7) is 6.12. The smallest absolute Gasteiger partial charge is 0.303 e. The highest BCUT2D eigenvalue weighted by molar-refractivity contribution is 6.03. The van der Waals surface area contributed by atoms with Crippen LogP contribution >= 0.6 is 0 Å². The zero-order valence-corrected chi connectivity index (χ0v) is 15.1. The van der Waals surface area contributed by atoms with Crippen LogP contribution in [-0.2, 0) is 9.59 Å². The molecular weight excluding hydrogens is 332 g/mol. The van der Waals surface area contributed by atoms with Crippen LogP contribution in [0.3, 0.4) is 0 Å². The number of benzene rings is 1. The Balaban J connectivity index is 2.09. The summed E-state index contributed by atoms with van der Waals surface area (Å²) >= 11 is 0. The predicted molar refractivity (Wildman–Crippen MR) is 100 cm³/mol. The third-order valence-electron chi connectivity index (χ3n) is 4.46. The summed E-state index contributed by atoms with van der Waals surface area (Å²) in [5, 5.41) is 17.8. The molecule has 0 saturated heterocycles. The van der Waals surface area contributed by atoms with Crippen molar-refractivity contribution in [3.63, 3.8) is 0 Å². The van der Waals surface area contributed by atoms with Gasteiger partial charge in [-0.15, -0.1) is 0 Å². The molecular formula is C19H22N4O3. The number of nitrogens with one attached hydrogen (secondary N) is 1. The van der Waals surface area contributed by atoms with Gasteiger partial charge in [-0.25, -0.2) is 9.67 Å². The number of aliphatic carboxylic acids is 1. The summed E-state index contributed by atoms with van der Waals surface area (Å²) in [6, 6.07) is 8.13. The molecule has 0 radical (unpaired) electrons. The first-order chi connectivity index (χ1) is 12.4. The first-order valence-electron chi connectivity index (χ1n) is 8.70. The molecule has 0 spiro atoms. The van der Waals surface area contributed by atoms with E-state index in [4.69, 9.17) is 10.1 Å². The Morgan fingerprint density at radius 3 is 2.73 bits per heavy atom. The Labute approximate surface area is 151 Å². The molecule has 1 amide bonds. The Hall–Kier alpha value is -2.96. The highest BCUT2D eigenvalue weighted by Crippen LogP contribution is 2.29. The van der Waals surface area contributed by atoms with E-state index in [1.165, 1.54) is 0 Å². The maximum atomic E-state index is 12.1. The molecule has 0 saturated carbocycles. The molecule has 1 atom stereocenters. The summed E-state index contributed by atoms with van der Waals surface area (Å²) in [5.41, 5.74) is 2.71. The Bertz CT molecular complexity index is 993. The highest BCUT2D eigenvalue weighted by Gasteiger charge is 2.18. The molecule has 0 aliphatic carbocycles. The Morgan fingerprint density at radius 1 is 1.27 bits per heavy atom. The van der Waals surface area contributed by atoms with Gasteiger partial charge in [0.1, 0.15) is 0 Å². The number of anilines is 1. The van der Waals surface area contributed by atoms with Crippen molar-refractivity contribution in [3.05, 3.63) is 29.8 Å². The van der Waals surface area contributed by atoms with Crippen molar-refractivity contribution < 1.29 is 14.7 Å². The number of nitrogens with zero attached hydrogens (tertiary/aromatic N) is 3. The molecule has 7 heteroatoms. The summed E-state index contributed by atoms with van der Waals surface area (Å²) < 4.78 is 1.82. The van der Waals surface area contributed by atoms with E-state index in [2.05, 4.69) is 17.3 Å². The zero-order chi connectivity index (χ0) is 18.8. The van der Waals surface area contributed by atoms with Crippen LogP contribution in [0.5, 0.6) is 0 Å². The van der Waals surface area contributed by atoms with Gasteiger partial charge in [-0.2, -0.15) is 5.10 Å². The molecule has 0 fully saturated rings. The second-order valence-corrected chi connectivity index (χ2v) is 6.55. The first-order valence-corrected chi connectivity index (χ1v) is 8.70. The van der Waals surface area contributed by atoms with E-state index in [0.29, 0.717) is 11.5 Å². The molecule has 2 aromatic heterocycles. The van der Waals surface area contributed by atoms with Crippen molar-refractivity contribution in [3.8, 4) is 0 Å². The lowest BCUT2D eigenvalue weighted by Gasteiger charge is -2.10. The van der Waals surface area contributed by atoms with E-state index in [1.54, 1.807) is 0 Å². The van der Waals surface area contributed by atoms with E-state index in [0.717, 1.165) is 28.3 Å². The minimum atomic E-state index is -1.00. The van der Waals surface area contributed by atoms with Gasteiger partial charge in [0, 0.05) is 11.8 Å². The standard InChI is InChI=1S/C19H22N4O3/c1-4-12(3)23-19-14(10-13-9-11(2)5-6-15(13)20-19)18(22-23)21-16(24)7-8-17(25)26/h5-6,9-10,12H,4,7-8H2,1-3H3,(H,25,26)(H,21,22,24). The van der Waals surface area contributed by atoms with Crippen LogP contribution in [0, 0.1) is 6.92 Å². The second-order valence-electron chi connectivity index (χ2n) is 6.55.